The van der Waals surface area contributed by atoms with Crippen molar-refractivity contribution in [2.24, 2.45) is 4.99 Å². The number of anilines is 1. The fourth-order valence-corrected chi connectivity index (χ4v) is 3.59. The van der Waals surface area contributed by atoms with Gasteiger partial charge in [0.2, 0.25) is 0 Å². The molecule has 2 fully saturated rings. The molecule has 0 saturated carbocycles. The molecular formula is C21H36IN5O2. The van der Waals surface area contributed by atoms with Gasteiger partial charge in [-0.05, 0) is 37.3 Å². The van der Waals surface area contributed by atoms with Gasteiger partial charge in [0.1, 0.15) is 5.82 Å². The number of nitrogens with zero attached hydrogens (tertiary/aromatic N) is 3. The molecule has 1 aromatic rings. The maximum absolute atomic E-state index is 5.78. The molecule has 29 heavy (non-hydrogen) atoms. The van der Waals surface area contributed by atoms with Crippen LogP contribution in [-0.4, -0.2) is 63.6 Å². The van der Waals surface area contributed by atoms with Crippen molar-refractivity contribution in [2.45, 2.75) is 51.2 Å². The summed E-state index contributed by atoms with van der Waals surface area (Å²) in [6.07, 6.45) is 9.43. The van der Waals surface area contributed by atoms with E-state index in [9.17, 15) is 0 Å². The van der Waals surface area contributed by atoms with Gasteiger partial charge < -0.3 is 25.0 Å². The van der Waals surface area contributed by atoms with E-state index < -0.39 is 0 Å². The minimum atomic E-state index is 0. The van der Waals surface area contributed by atoms with Gasteiger partial charge in [-0.2, -0.15) is 0 Å². The summed E-state index contributed by atoms with van der Waals surface area (Å²) < 4.78 is 11.1. The summed E-state index contributed by atoms with van der Waals surface area (Å²) in [6.45, 7) is 6.11. The lowest BCUT2D eigenvalue weighted by Gasteiger charge is -2.21. The fourth-order valence-electron chi connectivity index (χ4n) is 3.59. The third kappa shape index (κ3) is 8.64. The van der Waals surface area contributed by atoms with E-state index in [2.05, 4.69) is 37.6 Å². The monoisotopic (exact) mass is 517 g/mol. The van der Waals surface area contributed by atoms with Crippen LogP contribution in [0.2, 0.25) is 0 Å². The normalized spacial score (nSPS) is 20.1. The maximum Gasteiger partial charge on any atom is 0.191 e. The Labute approximate surface area is 192 Å². The zero-order chi connectivity index (χ0) is 19.4. The molecule has 7 nitrogen and oxygen atoms in total. The van der Waals surface area contributed by atoms with Gasteiger partial charge in [-0.3, -0.25) is 4.99 Å². The number of hydrogen-bond donors (Lipinski definition) is 2. The Hall–Kier alpha value is -1.13. The second-order valence-corrected chi connectivity index (χ2v) is 7.49. The van der Waals surface area contributed by atoms with Crippen LogP contribution in [0.15, 0.2) is 23.3 Å². The predicted molar refractivity (Wildman–Crippen MR) is 128 cm³/mol. The van der Waals surface area contributed by atoms with Gasteiger partial charge in [0.15, 0.2) is 5.96 Å². The molecule has 2 N–H and O–H groups in total. The van der Waals surface area contributed by atoms with Crippen LogP contribution in [0.3, 0.4) is 0 Å². The van der Waals surface area contributed by atoms with Crippen LogP contribution in [0.5, 0.6) is 0 Å². The number of nitrogens with one attached hydrogen (secondary N) is 2. The lowest BCUT2D eigenvalue weighted by atomic mass is 10.2. The summed E-state index contributed by atoms with van der Waals surface area (Å²) in [7, 11) is 1.79. The molecule has 1 atom stereocenters. The lowest BCUT2D eigenvalue weighted by molar-refractivity contribution is 0.0420. The Morgan fingerprint density at radius 2 is 2.07 bits per heavy atom. The summed E-state index contributed by atoms with van der Waals surface area (Å²) in [5, 5.41) is 6.69. The summed E-state index contributed by atoms with van der Waals surface area (Å²) >= 11 is 0. The van der Waals surface area contributed by atoms with Crippen molar-refractivity contribution in [3.05, 3.63) is 23.9 Å². The van der Waals surface area contributed by atoms with Crippen molar-refractivity contribution in [3.8, 4) is 0 Å². The quantitative estimate of drug-likeness (QED) is 0.239. The maximum atomic E-state index is 5.78. The van der Waals surface area contributed by atoms with Crippen LogP contribution >= 0.6 is 24.0 Å². The van der Waals surface area contributed by atoms with Crippen LogP contribution in [0.4, 0.5) is 5.82 Å². The minimum absolute atomic E-state index is 0. The van der Waals surface area contributed by atoms with Gasteiger partial charge in [0.05, 0.1) is 12.7 Å². The second kappa shape index (κ2) is 14.0. The van der Waals surface area contributed by atoms with E-state index in [1.165, 1.54) is 25.7 Å². The van der Waals surface area contributed by atoms with Crippen molar-refractivity contribution >= 4 is 35.8 Å². The van der Waals surface area contributed by atoms with Crippen LogP contribution < -0.4 is 15.5 Å². The topological polar surface area (TPSA) is 71.0 Å². The molecule has 1 unspecified atom stereocenters. The zero-order valence-electron chi connectivity index (χ0n) is 17.6. The Kier molecular flexibility index (Phi) is 11.6. The van der Waals surface area contributed by atoms with Gasteiger partial charge in [-0.1, -0.05) is 18.9 Å². The summed E-state index contributed by atoms with van der Waals surface area (Å²) in [6, 6.07) is 4.30. The number of pyridine rings is 1. The first-order valence-electron chi connectivity index (χ1n) is 10.7. The fraction of sp³-hybridized carbons (Fsp3) is 0.714. The smallest absolute Gasteiger partial charge is 0.191 e. The largest absolute Gasteiger partial charge is 0.379 e. The van der Waals surface area contributed by atoms with Crippen molar-refractivity contribution in [1.29, 1.82) is 0 Å². The molecule has 0 radical (unpaired) electrons. The first-order chi connectivity index (χ1) is 13.8. The predicted octanol–water partition coefficient (Wildman–Crippen LogP) is 2.94. The molecule has 2 aliphatic rings. The molecule has 0 amide bonds. The van der Waals surface area contributed by atoms with Crippen LogP contribution in [0, 0.1) is 0 Å². The standard InChI is InChI=1S/C21H35N5O2.HI/c1-22-21(23-10-6-13-28-19-9-14-27-17-19)25-16-18-7-8-20(24-15-18)26-11-4-2-3-5-12-26;/h7-8,15,19H,2-6,9-14,16-17H2,1H3,(H2,22,23,25);1H. The molecule has 164 valence electrons. The van der Waals surface area contributed by atoms with Crippen molar-refractivity contribution in [1.82, 2.24) is 15.6 Å². The van der Waals surface area contributed by atoms with Crippen molar-refractivity contribution in [2.75, 3.05) is 51.4 Å². The van der Waals surface area contributed by atoms with Crippen LogP contribution in [-0.2, 0) is 16.0 Å². The van der Waals surface area contributed by atoms with E-state index in [4.69, 9.17) is 9.47 Å². The highest BCUT2D eigenvalue weighted by Gasteiger charge is 2.15. The Bertz CT molecular complexity index is 585. The van der Waals surface area contributed by atoms with Crippen LogP contribution in [0.1, 0.15) is 44.1 Å². The van der Waals surface area contributed by atoms with Gasteiger partial charge in [0, 0.05) is 52.6 Å². The Balaban J connectivity index is 0.00000300. The third-order valence-corrected chi connectivity index (χ3v) is 5.28. The van der Waals surface area contributed by atoms with Crippen molar-refractivity contribution in [3.63, 3.8) is 0 Å². The summed E-state index contributed by atoms with van der Waals surface area (Å²) in [5.74, 6) is 1.90. The van der Waals surface area contributed by atoms with E-state index in [0.717, 1.165) is 69.6 Å². The molecule has 2 saturated heterocycles. The summed E-state index contributed by atoms with van der Waals surface area (Å²) in [5.41, 5.74) is 1.16. The molecule has 3 heterocycles. The number of aliphatic imine (C=N–C) groups is 1. The molecule has 8 heteroatoms. The number of rotatable bonds is 8. The molecule has 0 spiro atoms. The molecular weight excluding hydrogens is 481 g/mol. The zero-order valence-corrected chi connectivity index (χ0v) is 19.9. The molecule has 2 aliphatic heterocycles. The van der Waals surface area contributed by atoms with Crippen molar-refractivity contribution < 1.29 is 9.47 Å². The van der Waals surface area contributed by atoms with E-state index >= 15 is 0 Å². The average molecular weight is 517 g/mol. The highest BCUT2D eigenvalue weighted by molar-refractivity contribution is 14.0. The second-order valence-electron chi connectivity index (χ2n) is 7.49. The lowest BCUT2D eigenvalue weighted by Crippen LogP contribution is -2.37. The number of halogens is 1. The first-order valence-corrected chi connectivity index (χ1v) is 10.7. The molecule has 3 rings (SSSR count). The molecule has 1 aromatic heterocycles. The molecule has 0 aliphatic carbocycles. The minimum Gasteiger partial charge on any atom is -0.379 e. The molecule has 0 aromatic carbocycles. The van der Waals surface area contributed by atoms with Gasteiger partial charge >= 0.3 is 0 Å². The number of ether oxygens (including phenoxy) is 2. The van der Waals surface area contributed by atoms with E-state index in [1.807, 2.05) is 6.20 Å². The number of hydrogen-bond acceptors (Lipinski definition) is 5. The van der Waals surface area contributed by atoms with Gasteiger partial charge in [0.25, 0.3) is 0 Å². The summed E-state index contributed by atoms with van der Waals surface area (Å²) in [4.78, 5) is 11.4. The molecule has 0 bridgehead atoms. The SMILES string of the molecule is CN=C(NCCCOC1CCOC1)NCc1ccc(N2CCCCCC2)nc1.I. The number of guanidine groups is 1. The van der Waals surface area contributed by atoms with Gasteiger partial charge in [-0.15, -0.1) is 24.0 Å². The highest BCUT2D eigenvalue weighted by atomic mass is 127. The van der Waals surface area contributed by atoms with E-state index in [-0.39, 0.29) is 30.1 Å². The average Bonchev–Trinajstić information content (AvgIpc) is 3.10. The Morgan fingerprint density at radius 3 is 2.72 bits per heavy atom. The van der Waals surface area contributed by atoms with Crippen LogP contribution in [0.25, 0.3) is 0 Å². The van der Waals surface area contributed by atoms with Gasteiger partial charge in [-0.25, -0.2) is 4.98 Å². The third-order valence-electron chi connectivity index (χ3n) is 5.28. The Morgan fingerprint density at radius 1 is 1.24 bits per heavy atom. The first kappa shape index (κ1) is 24.1. The highest BCUT2D eigenvalue weighted by Crippen LogP contribution is 2.17. The van der Waals surface area contributed by atoms with E-state index in [0.29, 0.717) is 6.54 Å². The van der Waals surface area contributed by atoms with E-state index in [1.54, 1.807) is 7.05 Å². The number of aromatic nitrogens is 1.